The minimum atomic E-state index is 0.437. The van der Waals surface area contributed by atoms with Gasteiger partial charge in [0.2, 0.25) is 0 Å². The van der Waals surface area contributed by atoms with Gasteiger partial charge in [-0.25, -0.2) is 0 Å². The molecule has 1 atom stereocenters. The number of nitrogens with two attached hydrogens (primary N) is 1. The van der Waals surface area contributed by atoms with Crippen molar-refractivity contribution < 1.29 is 0 Å². The summed E-state index contributed by atoms with van der Waals surface area (Å²) in [5.74, 6) is 0. The van der Waals surface area contributed by atoms with E-state index >= 15 is 0 Å². The monoisotopic (exact) mass is 246 g/mol. The molecule has 18 heavy (non-hydrogen) atoms. The van der Waals surface area contributed by atoms with Crippen LogP contribution in [0.25, 0.3) is 0 Å². The largest absolute Gasteiger partial charge is 0.328 e. The lowest BCUT2D eigenvalue weighted by molar-refractivity contribution is 0.280. The summed E-state index contributed by atoms with van der Waals surface area (Å²) >= 11 is 0. The van der Waals surface area contributed by atoms with Crippen LogP contribution in [-0.4, -0.2) is 30.6 Å². The van der Waals surface area contributed by atoms with Crippen molar-refractivity contribution in [1.82, 2.24) is 4.90 Å². The molecule has 1 heterocycles. The van der Waals surface area contributed by atoms with Crippen LogP contribution in [0.5, 0.6) is 0 Å². The second kappa shape index (κ2) is 6.91. The summed E-state index contributed by atoms with van der Waals surface area (Å²) in [7, 11) is 0. The molecule has 0 aliphatic carbocycles. The van der Waals surface area contributed by atoms with Gasteiger partial charge >= 0.3 is 0 Å². The summed E-state index contributed by atoms with van der Waals surface area (Å²) in [5.41, 5.74) is 8.82. The summed E-state index contributed by atoms with van der Waals surface area (Å²) in [6.07, 6.45) is 6.10. The fraction of sp³-hybridized carbons (Fsp3) is 0.625. The van der Waals surface area contributed by atoms with Gasteiger partial charge in [0.05, 0.1) is 0 Å². The van der Waals surface area contributed by atoms with E-state index in [-0.39, 0.29) is 0 Å². The maximum Gasteiger partial charge on any atom is 0.00514 e. The Labute approximate surface area is 111 Å². The molecule has 1 aromatic carbocycles. The molecule has 2 N–H and O–H groups in total. The Morgan fingerprint density at radius 2 is 1.94 bits per heavy atom. The number of benzene rings is 1. The molecule has 2 rings (SSSR count). The lowest BCUT2D eigenvalue weighted by Crippen LogP contribution is -2.27. The van der Waals surface area contributed by atoms with Gasteiger partial charge in [0.15, 0.2) is 0 Å². The van der Waals surface area contributed by atoms with E-state index in [1.807, 2.05) is 0 Å². The minimum Gasteiger partial charge on any atom is -0.328 e. The van der Waals surface area contributed by atoms with E-state index in [0.717, 1.165) is 0 Å². The van der Waals surface area contributed by atoms with E-state index in [2.05, 4.69) is 36.1 Å². The summed E-state index contributed by atoms with van der Waals surface area (Å²) in [5, 5.41) is 0. The third-order valence-corrected chi connectivity index (χ3v) is 3.93. The van der Waals surface area contributed by atoms with Crippen molar-refractivity contribution in [1.29, 1.82) is 0 Å². The van der Waals surface area contributed by atoms with Crippen LogP contribution in [-0.2, 0) is 6.42 Å². The second-order valence-electron chi connectivity index (χ2n) is 5.62. The molecule has 100 valence electrons. The van der Waals surface area contributed by atoms with Gasteiger partial charge in [-0.15, -0.1) is 0 Å². The number of likely N-dealkylation sites (tertiary alicyclic amines) is 1. The zero-order valence-electron chi connectivity index (χ0n) is 11.6. The lowest BCUT2D eigenvalue weighted by atomic mass is 10.1. The highest BCUT2D eigenvalue weighted by molar-refractivity contribution is 5.21. The van der Waals surface area contributed by atoms with Crippen molar-refractivity contribution in [3.63, 3.8) is 0 Å². The Morgan fingerprint density at radius 3 is 2.72 bits per heavy atom. The zero-order valence-corrected chi connectivity index (χ0v) is 11.6. The molecule has 1 aliphatic rings. The van der Waals surface area contributed by atoms with Crippen molar-refractivity contribution >= 4 is 0 Å². The molecule has 1 fully saturated rings. The van der Waals surface area contributed by atoms with Gasteiger partial charge < -0.3 is 10.6 Å². The van der Waals surface area contributed by atoms with Crippen molar-refractivity contribution in [2.24, 2.45) is 5.73 Å². The highest BCUT2D eigenvalue weighted by Crippen LogP contribution is 2.11. The average molecular weight is 246 g/mol. The van der Waals surface area contributed by atoms with Crippen molar-refractivity contribution in [2.45, 2.75) is 45.1 Å². The van der Waals surface area contributed by atoms with Gasteiger partial charge in [0.1, 0.15) is 0 Å². The number of aryl methyl sites for hydroxylation is 2. The van der Waals surface area contributed by atoms with Crippen LogP contribution in [0, 0.1) is 6.92 Å². The predicted octanol–water partition coefficient (Wildman–Crippen LogP) is 2.74. The molecule has 0 bridgehead atoms. The Balaban J connectivity index is 1.70. The van der Waals surface area contributed by atoms with Crippen LogP contribution in [0.1, 0.15) is 36.8 Å². The van der Waals surface area contributed by atoms with Crippen molar-refractivity contribution in [3.8, 4) is 0 Å². The summed E-state index contributed by atoms with van der Waals surface area (Å²) in [4.78, 5) is 2.58. The van der Waals surface area contributed by atoms with Crippen LogP contribution < -0.4 is 5.73 Å². The molecular weight excluding hydrogens is 220 g/mol. The quantitative estimate of drug-likeness (QED) is 0.885. The highest BCUT2D eigenvalue weighted by Gasteiger charge is 2.13. The van der Waals surface area contributed by atoms with Crippen molar-refractivity contribution in [2.75, 3.05) is 19.6 Å². The van der Waals surface area contributed by atoms with Crippen LogP contribution in [0.4, 0.5) is 0 Å². The van der Waals surface area contributed by atoms with Gasteiger partial charge in [-0.2, -0.15) is 0 Å². The van der Waals surface area contributed by atoms with Gasteiger partial charge in [-0.3, -0.25) is 0 Å². The molecule has 1 saturated heterocycles. The molecule has 0 radical (unpaired) electrons. The van der Waals surface area contributed by atoms with Crippen LogP contribution in [0.2, 0.25) is 0 Å². The Hall–Kier alpha value is -0.860. The molecule has 1 aromatic rings. The van der Waals surface area contributed by atoms with E-state index in [9.17, 15) is 0 Å². The highest BCUT2D eigenvalue weighted by atomic mass is 15.1. The molecular formula is C16H26N2. The maximum atomic E-state index is 6.00. The number of rotatable bonds is 4. The normalized spacial score (nSPS) is 21.8. The maximum absolute atomic E-state index is 6.00. The molecule has 1 aliphatic heterocycles. The standard InChI is InChI=1S/C16H26N2/c1-14-6-8-15(9-7-14)4-2-11-18-12-3-5-16(17)10-13-18/h6-9,16H,2-5,10-13,17H2,1H3. The van der Waals surface area contributed by atoms with Gasteiger partial charge in [-0.05, 0) is 64.2 Å². The first kappa shape index (κ1) is 13.6. The van der Waals surface area contributed by atoms with E-state index in [4.69, 9.17) is 5.73 Å². The van der Waals surface area contributed by atoms with Crippen LogP contribution >= 0.6 is 0 Å². The first-order chi connectivity index (χ1) is 8.74. The Morgan fingerprint density at radius 1 is 1.17 bits per heavy atom. The van der Waals surface area contributed by atoms with E-state index < -0.39 is 0 Å². The van der Waals surface area contributed by atoms with E-state index in [1.165, 1.54) is 62.9 Å². The molecule has 0 aromatic heterocycles. The zero-order chi connectivity index (χ0) is 12.8. The summed E-state index contributed by atoms with van der Waals surface area (Å²) < 4.78 is 0. The topological polar surface area (TPSA) is 29.3 Å². The number of hydrogen-bond donors (Lipinski definition) is 1. The average Bonchev–Trinajstić information content (AvgIpc) is 2.57. The lowest BCUT2D eigenvalue weighted by Gasteiger charge is -2.19. The first-order valence-electron chi connectivity index (χ1n) is 7.27. The number of hydrogen-bond acceptors (Lipinski definition) is 2. The fourth-order valence-corrected chi connectivity index (χ4v) is 2.67. The molecule has 0 saturated carbocycles. The fourth-order valence-electron chi connectivity index (χ4n) is 2.67. The third-order valence-electron chi connectivity index (χ3n) is 3.93. The second-order valence-corrected chi connectivity index (χ2v) is 5.62. The SMILES string of the molecule is Cc1ccc(CCCN2CCCC(N)CC2)cc1. The molecule has 1 unspecified atom stereocenters. The van der Waals surface area contributed by atoms with E-state index in [0.29, 0.717) is 6.04 Å². The third kappa shape index (κ3) is 4.43. The van der Waals surface area contributed by atoms with Gasteiger partial charge in [0, 0.05) is 6.04 Å². The first-order valence-corrected chi connectivity index (χ1v) is 7.27. The van der Waals surface area contributed by atoms with E-state index in [1.54, 1.807) is 0 Å². The summed E-state index contributed by atoms with van der Waals surface area (Å²) in [6, 6.07) is 9.37. The molecule has 2 heteroatoms. The van der Waals surface area contributed by atoms with Gasteiger partial charge in [0.25, 0.3) is 0 Å². The van der Waals surface area contributed by atoms with Crippen LogP contribution in [0.15, 0.2) is 24.3 Å². The Kier molecular flexibility index (Phi) is 5.21. The molecule has 0 spiro atoms. The predicted molar refractivity (Wildman–Crippen MR) is 77.8 cm³/mol. The van der Waals surface area contributed by atoms with Crippen molar-refractivity contribution in [3.05, 3.63) is 35.4 Å². The molecule has 0 amide bonds. The number of nitrogens with zero attached hydrogens (tertiary/aromatic N) is 1. The van der Waals surface area contributed by atoms with Gasteiger partial charge in [-0.1, -0.05) is 29.8 Å². The Bertz CT molecular complexity index is 345. The summed E-state index contributed by atoms with van der Waals surface area (Å²) in [6.45, 7) is 5.79. The molecule has 2 nitrogen and oxygen atoms in total. The van der Waals surface area contributed by atoms with Crippen LogP contribution in [0.3, 0.4) is 0 Å². The smallest absolute Gasteiger partial charge is 0.00514 e. The minimum absolute atomic E-state index is 0.437.